The molecule has 1 fully saturated rings. The average molecular weight is 314 g/mol. The maximum absolute atomic E-state index is 12.4. The lowest BCUT2D eigenvalue weighted by Crippen LogP contribution is -2.55. The van der Waals surface area contributed by atoms with Crippen molar-refractivity contribution in [2.75, 3.05) is 19.8 Å². The van der Waals surface area contributed by atoms with Crippen LogP contribution in [0.15, 0.2) is 24.3 Å². The smallest absolute Gasteiger partial charge is 0.328 e. The molecule has 0 bridgehead atoms. The molecule has 0 radical (unpaired) electrons. The van der Waals surface area contributed by atoms with E-state index in [0.29, 0.717) is 17.4 Å². The summed E-state index contributed by atoms with van der Waals surface area (Å²) >= 11 is 5.85. The van der Waals surface area contributed by atoms with Crippen LogP contribution in [0.4, 0.5) is 0 Å². The molecule has 2 atom stereocenters. The number of morpholine rings is 1. The van der Waals surface area contributed by atoms with Crippen LogP contribution in [0.2, 0.25) is 5.02 Å². The first-order chi connectivity index (χ1) is 9.99. The fourth-order valence-electron chi connectivity index (χ4n) is 2.10. The van der Waals surface area contributed by atoms with Crippen molar-refractivity contribution in [1.82, 2.24) is 4.90 Å². The fourth-order valence-corrected chi connectivity index (χ4v) is 2.28. The lowest BCUT2D eigenvalue weighted by Gasteiger charge is -2.34. The van der Waals surface area contributed by atoms with Crippen LogP contribution in [-0.4, -0.2) is 53.8 Å². The van der Waals surface area contributed by atoms with Crippen LogP contribution in [0.5, 0.6) is 5.75 Å². The second-order valence-electron chi connectivity index (χ2n) is 4.68. The quantitative estimate of drug-likeness (QED) is 0.910. The molecule has 0 aliphatic carbocycles. The Kier molecular flexibility index (Phi) is 5.03. The molecule has 114 valence electrons. The van der Waals surface area contributed by atoms with E-state index in [2.05, 4.69) is 0 Å². The summed E-state index contributed by atoms with van der Waals surface area (Å²) in [5.74, 6) is -1.01. The Morgan fingerprint density at radius 1 is 1.52 bits per heavy atom. The van der Waals surface area contributed by atoms with Crippen molar-refractivity contribution in [3.63, 3.8) is 0 Å². The van der Waals surface area contributed by atoms with Gasteiger partial charge in [0, 0.05) is 11.6 Å². The summed E-state index contributed by atoms with van der Waals surface area (Å²) in [4.78, 5) is 24.8. The number of nitrogens with zero attached hydrogens (tertiary/aromatic N) is 1. The molecular formula is C14H16ClNO5. The Labute approximate surface area is 127 Å². The van der Waals surface area contributed by atoms with Crippen LogP contribution >= 0.6 is 11.6 Å². The van der Waals surface area contributed by atoms with Gasteiger partial charge in [0.05, 0.1) is 13.2 Å². The SMILES string of the molecule is C[C@@H](Oc1cccc(Cl)c1)C(=O)N1CCOC[C@H]1C(=O)O. The van der Waals surface area contributed by atoms with E-state index in [1.54, 1.807) is 31.2 Å². The second kappa shape index (κ2) is 6.78. The van der Waals surface area contributed by atoms with Crippen LogP contribution < -0.4 is 4.74 Å². The van der Waals surface area contributed by atoms with E-state index in [-0.39, 0.29) is 19.1 Å². The van der Waals surface area contributed by atoms with E-state index in [9.17, 15) is 9.59 Å². The highest BCUT2D eigenvalue weighted by molar-refractivity contribution is 6.30. The van der Waals surface area contributed by atoms with Crippen molar-refractivity contribution in [2.24, 2.45) is 0 Å². The van der Waals surface area contributed by atoms with Crippen molar-refractivity contribution in [1.29, 1.82) is 0 Å². The molecule has 1 N–H and O–H groups in total. The third-order valence-corrected chi connectivity index (χ3v) is 3.39. The van der Waals surface area contributed by atoms with Crippen molar-refractivity contribution >= 4 is 23.5 Å². The first-order valence-electron chi connectivity index (χ1n) is 6.52. The molecule has 7 heteroatoms. The molecule has 1 saturated heterocycles. The predicted octanol–water partition coefficient (Wildman–Crippen LogP) is 1.42. The van der Waals surface area contributed by atoms with Crippen LogP contribution in [0.1, 0.15) is 6.92 Å². The largest absolute Gasteiger partial charge is 0.481 e. The zero-order valence-electron chi connectivity index (χ0n) is 11.5. The normalized spacial score (nSPS) is 19.9. The molecule has 2 rings (SSSR count). The van der Waals surface area contributed by atoms with Gasteiger partial charge in [-0.3, -0.25) is 4.79 Å². The van der Waals surface area contributed by atoms with Crippen molar-refractivity contribution < 1.29 is 24.2 Å². The minimum absolute atomic E-state index is 0.00897. The summed E-state index contributed by atoms with van der Waals surface area (Å²) in [7, 11) is 0. The van der Waals surface area contributed by atoms with E-state index < -0.39 is 18.1 Å². The second-order valence-corrected chi connectivity index (χ2v) is 5.11. The number of carboxylic acid groups (broad SMARTS) is 1. The van der Waals surface area contributed by atoms with Gasteiger partial charge in [0.1, 0.15) is 5.75 Å². The van der Waals surface area contributed by atoms with Gasteiger partial charge in [0.15, 0.2) is 12.1 Å². The van der Waals surface area contributed by atoms with Gasteiger partial charge < -0.3 is 19.5 Å². The van der Waals surface area contributed by atoms with Crippen LogP contribution in [0.25, 0.3) is 0 Å². The zero-order valence-corrected chi connectivity index (χ0v) is 12.2. The van der Waals surface area contributed by atoms with Crippen molar-refractivity contribution in [3.05, 3.63) is 29.3 Å². The number of rotatable bonds is 4. The minimum Gasteiger partial charge on any atom is -0.481 e. The number of hydrogen-bond acceptors (Lipinski definition) is 4. The molecule has 0 saturated carbocycles. The Morgan fingerprint density at radius 3 is 2.95 bits per heavy atom. The number of hydrogen-bond donors (Lipinski definition) is 1. The Bertz CT molecular complexity index is 536. The molecule has 1 aromatic carbocycles. The summed E-state index contributed by atoms with van der Waals surface area (Å²) in [6.07, 6.45) is -0.802. The first-order valence-corrected chi connectivity index (χ1v) is 6.90. The number of carboxylic acids is 1. The number of benzene rings is 1. The van der Waals surface area contributed by atoms with Crippen molar-refractivity contribution in [2.45, 2.75) is 19.1 Å². The maximum atomic E-state index is 12.4. The van der Waals surface area contributed by atoms with Gasteiger partial charge in [-0.1, -0.05) is 17.7 Å². The van der Waals surface area contributed by atoms with Gasteiger partial charge in [-0.25, -0.2) is 4.79 Å². The number of carbonyl (C=O) groups is 2. The van der Waals surface area contributed by atoms with E-state index in [0.717, 1.165) is 0 Å². The zero-order chi connectivity index (χ0) is 15.4. The Morgan fingerprint density at radius 2 is 2.29 bits per heavy atom. The van der Waals surface area contributed by atoms with E-state index in [1.165, 1.54) is 4.90 Å². The number of carbonyl (C=O) groups excluding carboxylic acids is 1. The van der Waals surface area contributed by atoms with Crippen LogP contribution in [0.3, 0.4) is 0 Å². The molecular weight excluding hydrogens is 298 g/mol. The van der Waals surface area contributed by atoms with Gasteiger partial charge in [0.25, 0.3) is 5.91 Å². The first kappa shape index (κ1) is 15.6. The minimum atomic E-state index is -1.09. The van der Waals surface area contributed by atoms with Gasteiger partial charge in [-0.15, -0.1) is 0 Å². The van der Waals surface area contributed by atoms with Crippen LogP contribution in [-0.2, 0) is 14.3 Å². The van der Waals surface area contributed by atoms with E-state index in [4.69, 9.17) is 26.2 Å². The highest BCUT2D eigenvalue weighted by atomic mass is 35.5. The van der Waals surface area contributed by atoms with Gasteiger partial charge in [-0.05, 0) is 25.1 Å². The lowest BCUT2D eigenvalue weighted by molar-refractivity contribution is -0.161. The molecule has 0 aromatic heterocycles. The predicted molar refractivity (Wildman–Crippen MR) is 75.5 cm³/mol. The molecule has 1 amide bonds. The monoisotopic (exact) mass is 313 g/mol. The maximum Gasteiger partial charge on any atom is 0.328 e. The highest BCUT2D eigenvalue weighted by Gasteiger charge is 2.35. The fraction of sp³-hybridized carbons (Fsp3) is 0.429. The molecule has 6 nitrogen and oxygen atoms in total. The molecule has 1 heterocycles. The average Bonchev–Trinajstić information content (AvgIpc) is 2.46. The summed E-state index contributed by atoms with van der Waals surface area (Å²) in [6.45, 7) is 2.13. The standard InChI is InChI=1S/C14H16ClNO5/c1-9(21-11-4-2-3-10(15)7-11)13(17)16-5-6-20-8-12(16)14(18)19/h2-4,7,9,12H,5-6,8H2,1H3,(H,18,19)/t9-,12+/m1/s1. The summed E-state index contributed by atoms with van der Waals surface area (Å²) in [5.41, 5.74) is 0. The number of ether oxygens (including phenoxy) is 2. The van der Waals surface area contributed by atoms with E-state index >= 15 is 0 Å². The van der Waals surface area contributed by atoms with Gasteiger partial charge in [-0.2, -0.15) is 0 Å². The molecule has 1 aliphatic rings. The molecule has 0 spiro atoms. The third kappa shape index (κ3) is 3.86. The summed E-state index contributed by atoms with van der Waals surface area (Å²) < 4.78 is 10.6. The molecule has 0 unspecified atom stereocenters. The summed E-state index contributed by atoms with van der Waals surface area (Å²) in [5, 5.41) is 9.64. The molecule has 1 aliphatic heterocycles. The third-order valence-electron chi connectivity index (χ3n) is 3.15. The molecule has 1 aromatic rings. The van der Waals surface area contributed by atoms with Crippen molar-refractivity contribution in [3.8, 4) is 5.75 Å². The lowest BCUT2D eigenvalue weighted by atomic mass is 10.2. The summed E-state index contributed by atoms with van der Waals surface area (Å²) in [6, 6.07) is 5.72. The van der Waals surface area contributed by atoms with Crippen LogP contribution in [0, 0.1) is 0 Å². The number of amides is 1. The molecule has 21 heavy (non-hydrogen) atoms. The van der Waals surface area contributed by atoms with Gasteiger partial charge >= 0.3 is 5.97 Å². The number of halogens is 1. The Hall–Kier alpha value is -1.79. The highest BCUT2D eigenvalue weighted by Crippen LogP contribution is 2.19. The Balaban J connectivity index is 2.05. The van der Waals surface area contributed by atoms with E-state index in [1.807, 2.05) is 0 Å². The van der Waals surface area contributed by atoms with Gasteiger partial charge in [0.2, 0.25) is 0 Å². The topological polar surface area (TPSA) is 76.1 Å². The number of aliphatic carboxylic acids is 1.